The van der Waals surface area contributed by atoms with E-state index in [4.69, 9.17) is 0 Å². The van der Waals surface area contributed by atoms with E-state index in [9.17, 15) is 4.79 Å². The molecule has 2 aliphatic heterocycles. The number of hydrogen-bond donors (Lipinski definition) is 3. The largest absolute Gasteiger partial charge is 0.352 e. The molecule has 0 radical (unpaired) electrons. The van der Waals surface area contributed by atoms with E-state index in [2.05, 4.69) is 31.9 Å². The highest BCUT2D eigenvalue weighted by atomic mass is 16.1. The topological polar surface area (TPSA) is 71.0 Å². The maximum absolute atomic E-state index is 12.0. The molecule has 6 nitrogen and oxygen atoms in total. The normalized spacial score (nSPS) is 17.0. The van der Waals surface area contributed by atoms with E-state index in [1.165, 1.54) is 0 Å². The third kappa shape index (κ3) is 2.37. The molecule has 0 unspecified atom stereocenters. The number of anilines is 3. The van der Waals surface area contributed by atoms with Crippen LogP contribution in [0.15, 0.2) is 42.7 Å². The zero-order chi connectivity index (χ0) is 16.8. The van der Waals surface area contributed by atoms with Crippen molar-refractivity contribution in [1.29, 1.82) is 0 Å². The lowest BCUT2D eigenvalue weighted by Crippen LogP contribution is -2.29. The van der Waals surface area contributed by atoms with Crippen molar-refractivity contribution in [2.24, 2.45) is 0 Å². The quantitative estimate of drug-likeness (QED) is 0.688. The molecular weight excluding hydrogens is 314 g/mol. The average molecular weight is 333 g/mol. The van der Waals surface area contributed by atoms with E-state index >= 15 is 0 Å². The van der Waals surface area contributed by atoms with Gasteiger partial charge in [-0.25, -0.2) is 0 Å². The number of carbonyl (C=O) groups is 1. The molecule has 2 aromatic carbocycles. The van der Waals surface area contributed by atoms with Crippen LogP contribution in [0.5, 0.6) is 0 Å². The van der Waals surface area contributed by atoms with Crippen LogP contribution in [0.3, 0.4) is 0 Å². The van der Waals surface area contributed by atoms with Crippen molar-refractivity contribution < 1.29 is 4.79 Å². The molecule has 6 heteroatoms. The molecule has 0 aliphatic carbocycles. The van der Waals surface area contributed by atoms with Crippen molar-refractivity contribution in [3.05, 3.63) is 48.3 Å². The lowest BCUT2D eigenvalue weighted by atomic mass is 10.0. The molecule has 3 N–H and O–H groups in total. The van der Waals surface area contributed by atoms with Crippen LogP contribution in [0.2, 0.25) is 0 Å². The highest BCUT2D eigenvalue weighted by molar-refractivity contribution is 6.25. The van der Waals surface area contributed by atoms with Gasteiger partial charge in [0.25, 0.3) is 5.91 Å². The number of piperidine rings is 1. The van der Waals surface area contributed by atoms with Crippen LogP contribution in [-0.2, 0) is 0 Å². The Morgan fingerprint density at radius 2 is 2.04 bits per heavy atom. The van der Waals surface area contributed by atoms with Crippen molar-refractivity contribution in [3.8, 4) is 0 Å². The first-order valence-corrected chi connectivity index (χ1v) is 8.68. The Labute approximate surface area is 145 Å². The molecule has 3 heterocycles. The van der Waals surface area contributed by atoms with Gasteiger partial charge in [0, 0.05) is 33.9 Å². The fourth-order valence-corrected chi connectivity index (χ4v) is 3.83. The molecule has 1 amide bonds. The zero-order valence-electron chi connectivity index (χ0n) is 13.7. The fourth-order valence-electron chi connectivity index (χ4n) is 3.83. The molecule has 25 heavy (non-hydrogen) atoms. The third-order valence-corrected chi connectivity index (χ3v) is 5.10. The molecule has 0 saturated carbocycles. The summed E-state index contributed by atoms with van der Waals surface area (Å²) >= 11 is 0. The second-order valence-electron chi connectivity index (χ2n) is 6.66. The number of carbonyl (C=O) groups excluding carboxylic acids is 1. The van der Waals surface area contributed by atoms with Gasteiger partial charge in [-0.05, 0) is 44.1 Å². The van der Waals surface area contributed by atoms with Crippen LogP contribution in [-0.4, -0.2) is 28.8 Å². The Morgan fingerprint density at radius 3 is 2.92 bits per heavy atom. The number of hydrogen-bond acceptors (Lipinski definition) is 4. The van der Waals surface area contributed by atoms with Crippen molar-refractivity contribution in [2.75, 3.05) is 23.7 Å². The summed E-state index contributed by atoms with van der Waals surface area (Å²) in [6.07, 6.45) is 6.16. The number of amides is 1. The predicted octanol–water partition coefficient (Wildman–Crippen LogP) is 3.27. The Balaban J connectivity index is 1.48. The van der Waals surface area contributed by atoms with Crippen molar-refractivity contribution in [3.63, 3.8) is 0 Å². The van der Waals surface area contributed by atoms with Crippen molar-refractivity contribution >= 4 is 33.7 Å². The molecule has 1 aromatic heterocycles. The minimum absolute atomic E-state index is 0.0310. The molecule has 0 bridgehead atoms. The maximum atomic E-state index is 12.0. The second kappa shape index (κ2) is 5.60. The zero-order valence-corrected chi connectivity index (χ0v) is 13.7. The number of benzene rings is 2. The summed E-state index contributed by atoms with van der Waals surface area (Å²) in [6.45, 7) is 2.09. The van der Waals surface area contributed by atoms with Gasteiger partial charge in [-0.3, -0.25) is 9.48 Å². The van der Waals surface area contributed by atoms with Crippen LogP contribution in [0.1, 0.15) is 29.2 Å². The van der Waals surface area contributed by atoms with Gasteiger partial charge in [-0.15, -0.1) is 0 Å². The number of aromatic nitrogens is 2. The minimum Gasteiger partial charge on any atom is -0.352 e. The van der Waals surface area contributed by atoms with E-state index in [1.54, 1.807) is 0 Å². The summed E-state index contributed by atoms with van der Waals surface area (Å²) in [5, 5.41) is 16.3. The average Bonchev–Trinajstić information content (AvgIpc) is 3.24. The highest BCUT2D eigenvalue weighted by Crippen LogP contribution is 2.38. The van der Waals surface area contributed by atoms with E-state index in [0.717, 1.165) is 59.3 Å². The summed E-state index contributed by atoms with van der Waals surface area (Å²) in [7, 11) is 0. The van der Waals surface area contributed by atoms with Gasteiger partial charge < -0.3 is 16.0 Å². The molecule has 2 aliphatic rings. The summed E-state index contributed by atoms with van der Waals surface area (Å²) in [5.41, 5.74) is 3.58. The van der Waals surface area contributed by atoms with Gasteiger partial charge in [0.1, 0.15) is 0 Å². The Morgan fingerprint density at radius 1 is 1.16 bits per heavy atom. The summed E-state index contributed by atoms with van der Waals surface area (Å²) in [4.78, 5) is 12.0. The molecule has 3 aromatic rings. The van der Waals surface area contributed by atoms with Gasteiger partial charge in [0.2, 0.25) is 0 Å². The van der Waals surface area contributed by atoms with Crippen LogP contribution < -0.4 is 16.0 Å². The van der Waals surface area contributed by atoms with E-state index in [1.807, 2.05) is 36.5 Å². The smallest absolute Gasteiger partial charge is 0.256 e. The monoisotopic (exact) mass is 333 g/mol. The van der Waals surface area contributed by atoms with Gasteiger partial charge in [0.05, 0.1) is 17.9 Å². The van der Waals surface area contributed by atoms with Crippen LogP contribution >= 0.6 is 0 Å². The molecule has 126 valence electrons. The summed E-state index contributed by atoms with van der Waals surface area (Å²) in [5.74, 6) is -0.0310. The van der Waals surface area contributed by atoms with E-state index in [-0.39, 0.29) is 5.91 Å². The third-order valence-electron chi connectivity index (χ3n) is 5.10. The number of rotatable bonds is 3. The SMILES string of the molecule is O=C1Nc2ccc(Nc3cnn(C4CCNCC4)c3)c3cccc1c23. The van der Waals surface area contributed by atoms with Gasteiger partial charge in [-0.1, -0.05) is 12.1 Å². The standard InChI is InChI=1S/C19H19N5O/c25-19-15-3-1-2-14-16(4-5-17(23-19)18(14)15)22-12-10-21-24(11-12)13-6-8-20-9-7-13/h1-5,10-11,13,20,22H,6-9H2,(H,23,25). The van der Waals surface area contributed by atoms with Crippen LogP contribution in [0.25, 0.3) is 10.8 Å². The molecule has 5 rings (SSSR count). The van der Waals surface area contributed by atoms with Crippen LogP contribution in [0.4, 0.5) is 17.1 Å². The van der Waals surface area contributed by atoms with E-state index in [0.29, 0.717) is 6.04 Å². The molecule has 0 spiro atoms. The minimum atomic E-state index is -0.0310. The van der Waals surface area contributed by atoms with Gasteiger partial charge in [0.15, 0.2) is 0 Å². The molecular formula is C19H19N5O. The Kier molecular flexibility index (Phi) is 3.24. The maximum Gasteiger partial charge on any atom is 0.256 e. The Hall–Kier alpha value is -2.86. The van der Waals surface area contributed by atoms with Crippen LogP contribution in [0, 0.1) is 0 Å². The van der Waals surface area contributed by atoms with Crippen molar-refractivity contribution in [2.45, 2.75) is 18.9 Å². The van der Waals surface area contributed by atoms with Gasteiger partial charge in [-0.2, -0.15) is 5.10 Å². The first-order chi connectivity index (χ1) is 12.3. The van der Waals surface area contributed by atoms with Crippen molar-refractivity contribution in [1.82, 2.24) is 15.1 Å². The molecule has 1 saturated heterocycles. The number of nitrogens with one attached hydrogen (secondary N) is 3. The second-order valence-corrected chi connectivity index (χ2v) is 6.66. The fraction of sp³-hybridized carbons (Fsp3) is 0.263. The summed E-state index contributed by atoms with van der Waals surface area (Å²) in [6, 6.07) is 10.3. The highest BCUT2D eigenvalue weighted by Gasteiger charge is 2.22. The lowest BCUT2D eigenvalue weighted by Gasteiger charge is -2.22. The lowest BCUT2D eigenvalue weighted by molar-refractivity contribution is 0.103. The van der Waals surface area contributed by atoms with Gasteiger partial charge >= 0.3 is 0 Å². The first kappa shape index (κ1) is 14.5. The number of nitrogens with zero attached hydrogens (tertiary/aromatic N) is 2. The molecule has 1 fully saturated rings. The Bertz CT molecular complexity index is 971. The first-order valence-electron chi connectivity index (χ1n) is 8.68. The summed E-state index contributed by atoms with van der Waals surface area (Å²) < 4.78 is 2.06. The van der Waals surface area contributed by atoms with E-state index < -0.39 is 0 Å². The predicted molar refractivity (Wildman–Crippen MR) is 98.6 cm³/mol. The molecule has 0 atom stereocenters.